The molecule has 2 rings (SSSR count). The van der Waals surface area contributed by atoms with Gasteiger partial charge in [0.05, 0.1) is 6.10 Å². The summed E-state index contributed by atoms with van der Waals surface area (Å²) in [7, 11) is 0. The van der Waals surface area contributed by atoms with Gasteiger partial charge in [-0.25, -0.2) is 0 Å². The second-order valence-electron chi connectivity index (χ2n) is 6.58. The molecule has 1 atom stereocenters. The summed E-state index contributed by atoms with van der Waals surface area (Å²) in [6.07, 6.45) is 13.1. The van der Waals surface area contributed by atoms with Gasteiger partial charge in [0, 0.05) is 13.2 Å². The van der Waals surface area contributed by atoms with Gasteiger partial charge in [-0.2, -0.15) is 0 Å². The Kier molecular flexibility index (Phi) is 5.50. The van der Waals surface area contributed by atoms with Crippen LogP contribution in [0.4, 0.5) is 0 Å². The van der Waals surface area contributed by atoms with E-state index < -0.39 is 0 Å². The van der Waals surface area contributed by atoms with E-state index in [0.29, 0.717) is 12.7 Å². The van der Waals surface area contributed by atoms with Gasteiger partial charge in [0.1, 0.15) is 0 Å². The Labute approximate surface area is 112 Å². The highest BCUT2D eigenvalue weighted by Crippen LogP contribution is 2.44. The van der Waals surface area contributed by atoms with Crippen LogP contribution in [0.25, 0.3) is 0 Å². The van der Waals surface area contributed by atoms with Gasteiger partial charge in [0.15, 0.2) is 0 Å². The van der Waals surface area contributed by atoms with Crippen LogP contribution in [0.5, 0.6) is 0 Å². The molecule has 1 heterocycles. The summed E-state index contributed by atoms with van der Waals surface area (Å²) in [5.41, 5.74) is 0.192. The average molecular weight is 254 g/mol. The van der Waals surface area contributed by atoms with Crippen LogP contribution in [0.2, 0.25) is 0 Å². The topological polar surface area (TPSA) is 29.5 Å². The summed E-state index contributed by atoms with van der Waals surface area (Å²) >= 11 is 0. The maximum Gasteiger partial charge on any atom is 0.0582 e. The van der Waals surface area contributed by atoms with E-state index in [9.17, 15) is 5.11 Å². The molecule has 1 saturated carbocycles. The SMILES string of the molecule is CCCCC1CCC(CO)(CC2CCCO2)CC1. The molecule has 0 aromatic carbocycles. The lowest BCUT2D eigenvalue weighted by atomic mass is 9.67. The third-order valence-electron chi connectivity index (χ3n) is 5.15. The molecule has 1 N–H and O–H groups in total. The fourth-order valence-electron chi connectivity index (χ4n) is 3.79. The van der Waals surface area contributed by atoms with Crippen LogP contribution >= 0.6 is 0 Å². The summed E-state index contributed by atoms with van der Waals surface area (Å²) in [4.78, 5) is 0. The van der Waals surface area contributed by atoms with E-state index in [0.717, 1.165) is 18.9 Å². The predicted molar refractivity (Wildman–Crippen MR) is 74.6 cm³/mol. The molecule has 18 heavy (non-hydrogen) atoms. The summed E-state index contributed by atoms with van der Waals surface area (Å²) in [5, 5.41) is 9.81. The van der Waals surface area contributed by atoms with E-state index in [-0.39, 0.29) is 5.41 Å². The molecule has 2 fully saturated rings. The maximum absolute atomic E-state index is 9.81. The van der Waals surface area contributed by atoms with E-state index in [1.165, 1.54) is 57.8 Å². The number of ether oxygens (including phenoxy) is 1. The molecule has 1 aliphatic carbocycles. The van der Waals surface area contributed by atoms with Crippen molar-refractivity contribution in [3.63, 3.8) is 0 Å². The standard InChI is InChI=1S/C16H30O2/c1-2-3-5-14-7-9-16(13-17,10-8-14)12-15-6-4-11-18-15/h14-15,17H,2-13H2,1H3. The molecule has 0 bridgehead atoms. The van der Waals surface area contributed by atoms with Crippen molar-refractivity contribution in [1.29, 1.82) is 0 Å². The fraction of sp³-hybridized carbons (Fsp3) is 1.00. The summed E-state index contributed by atoms with van der Waals surface area (Å²) in [6, 6.07) is 0. The van der Waals surface area contributed by atoms with Crippen molar-refractivity contribution < 1.29 is 9.84 Å². The zero-order valence-electron chi connectivity index (χ0n) is 12.0. The van der Waals surface area contributed by atoms with Crippen LogP contribution in [0.1, 0.15) is 71.1 Å². The second kappa shape index (κ2) is 6.91. The second-order valence-corrected chi connectivity index (χ2v) is 6.58. The molecule has 0 radical (unpaired) electrons. The molecule has 0 aromatic rings. The zero-order valence-corrected chi connectivity index (χ0v) is 12.0. The lowest BCUT2D eigenvalue weighted by Gasteiger charge is -2.40. The summed E-state index contributed by atoms with van der Waals surface area (Å²) in [5.74, 6) is 0.925. The van der Waals surface area contributed by atoms with E-state index >= 15 is 0 Å². The van der Waals surface area contributed by atoms with E-state index in [4.69, 9.17) is 4.74 Å². The van der Waals surface area contributed by atoms with Crippen molar-refractivity contribution in [1.82, 2.24) is 0 Å². The van der Waals surface area contributed by atoms with Crippen LogP contribution in [0.15, 0.2) is 0 Å². The molecule has 0 spiro atoms. The minimum absolute atomic E-state index is 0.192. The van der Waals surface area contributed by atoms with Gasteiger partial charge in [-0.15, -0.1) is 0 Å². The lowest BCUT2D eigenvalue weighted by molar-refractivity contribution is -0.000632. The van der Waals surface area contributed by atoms with Crippen LogP contribution in [-0.2, 0) is 4.74 Å². The van der Waals surface area contributed by atoms with Gasteiger partial charge in [-0.1, -0.05) is 26.2 Å². The number of unbranched alkanes of at least 4 members (excludes halogenated alkanes) is 1. The number of rotatable bonds is 6. The number of hydrogen-bond acceptors (Lipinski definition) is 2. The molecule has 0 aromatic heterocycles. The first-order valence-corrected chi connectivity index (χ1v) is 8.00. The highest BCUT2D eigenvalue weighted by Gasteiger charge is 2.37. The Bertz CT molecular complexity index is 225. The van der Waals surface area contributed by atoms with Crippen molar-refractivity contribution in [3.8, 4) is 0 Å². The van der Waals surface area contributed by atoms with E-state index in [2.05, 4.69) is 6.92 Å². The third-order valence-corrected chi connectivity index (χ3v) is 5.15. The van der Waals surface area contributed by atoms with Crippen molar-refractivity contribution >= 4 is 0 Å². The third kappa shape index (κ3) is 3.71. The van der Waals surface area contributed by atoms with Gasteiger partial charge in [-0.05, 0) is 56.3 Å². The zero-order chi connectivity index (χ0) is 12.8. The molecule has 2 aliphatic rings. The highest BCUT2D eigenvalue weighted by molar-refractivity contribution is 4.88. The van der Waals surface area contributed by atoms with Gasteiger partial charge in [0.25, 0.3) is 0 Å². The number of hydrogen-bond donors (Lipinski definition) is 1. The molecule has 1 saturated heterocycles. The average Bonchev–Trinajstić information content (AvgIpc) is 2.91. The molecule has 1 aliphatic heterocycles. The van der Waals surface area contributed by atoms with E-state index in [1.54, 1.807) is 0 Å². The maximum atomic E-state index is 9.81. The first kappa shape index (κ1) is 14.3. The minimum atomic E-state index is 0.192. The van der Waals surface area contributed by atoms with Crippen LogP contribution < -0.4 is 0 Å². The molecule has 2 nitrogen and oxygen atoms in total. The Hall–Kier alpha value is -0.0800. The molecular formula is C16H30O2. The molecule has 1 unspecified atom stereocenters. The van der Waals surface area contributed by atoms with Crippen LogP contribution in [0.3, 0.4) is 0 Å². The predicted octanol–water partition coefficient (Wildman–Crippen LogP) is 3.91. The Balaban J connectivity index is 1.79. The Morgan fingerprint density at radius 1 is 1.22 bits per heavy atom. The van der Waals surface area contributed by atoms with Crippen molar-refractivity contribution in [2.45, 2.75) is 77.2 Å². The van der Waals surface area contributed by atoms with E-state index in [1.807, 2.05) is 0 Å². The van der Waals surface area contributed by atoms with Gasteiger partial charge in [-0.3, -0.25) is 0 Å². The highest BCUT2D eigenvalue weighted by atomic mass is 16.5. The number of aliphatic hydroxyl groups excluding tert-OH is 1. The Morgan fingerprint density at radius 3 is 2.56 bits per heavy atom. The van der Waals surface area contributed by atoms with Gasteiger partial charge < -0.3 is 9.84 Å². The van der Waals surface area contributed by atoms with Gasteiger partial charge >= 0.3 is 0 Å². The monoisotopic (exact) mass is 254 g/mol. The van der Waals surface area contributed by atoms with Crippen molar-refractivity contribution in [3.05, 3.63) is 0 Å². The van der Waals surface area contributed by atoms with Crippen molar-refractivity contribution in [2.75, 3.05) is 13.2 Å². The summed E-state index contributed by atoms with van der Waals surface area (Å²) < 4.78 is 5.76. The normalized spacial score (nSPS) is 37.0. The quantitative estimate of drug-likeness (QED) is 0.778. The smallest absolute Gasteiger partial charge is 0.0582 e. The molecule has 106 valence electrons. The molecule has 2 heteroatoms. The first-order valence-electron chi connectivity index (χ1n) is 8.00. The fourth-order valence-corrected chi connectivity index (χ4v) is 3.79. The largest absolute Gasteiger partial charge is 0.396 e. The van der Waals surface area contributed by atoms with Crippen molar-refractivity contribution in [2.24, 2.45) is 11.3 Å². The lowest BCUT2D eigenvalue weighted by Crippen LogP contribution is -2.34. The first-order chi connectivity index (χ1) is 8.78. The van der Waals surface area contributed by atoms with Crippen LogP contribution in [0, 0.1) is 11.3 Å². The molecular weight excluding hydrogens is 224 g/mol. The van der Waals surface area contributed by atoms with Gasteiger partial charge in [0.2, 0.25) is 0 Å². The molecule has 0 amide bonds. The number of aliphatic hydroxyl groups is 1. The summed E-state index contributed by atoms with van der Waals surface area (Å²) in [6.45, 7) is 3.58. The van der Waals surface area contributed by atoms with Crippen LogP contribution in [-0.4, -0.2) is 24.4 Å². The minimum Gasteiger partial charge on any atom is -0.396 e. The Morgan fingerprint density at radius 2 is 2.00 bits per heavy atom.